The lowest BCUT2D eigenvalue weighted by molar-refractivity contribution is -0.127. The molecule has 8 heteroatoms. The van der Waals surface area contributed by atoms with E-state index in [2.05, 4.69) is 5.32 Å². The maximum atomic E-state index is 13.5. The van der Waals surface area contributed by atoms with Crippen molar-refractivity contribution in [3.8, 4) is 0 Å². The molecule has 3 fully saturated rings. The largest absolute Gasteiger partial charge is 0.353 e. The lowest BCUT2D eigenvalue weighted by Gasteiger charge is -2.32. The zero-order valence-electron chi connectivity index (χ0n) is 20.2. The van der Waals surface area contributed by atoms with Gasteiger partial charge in [0.25, 0.3) is 0 Å². The molecule has 1 N–H and O–H groups in total. The number of sulfonamides is 1. The van der Waals surface area contributed by atoms with Crippen molar-refractivity contribution in [2.75, 3.05) is 18.0 Å². The standard InChI is InChI=1S/C26H37N3O4S/c1-18-15-21-16-23(12-13-24(21)29(18)26(31)19-10-11-19)34(32,33)28-14-6-7-20(17-28)25(30)27-22-8-4-2-3-5-9-22/h12-13,16,18-20,22H,2-11,14-15,17H2,1H3,(H,27,30)/t18-,20-/m0/s1. The van der Waals surface area contributed by atoms with E-state index in [4.69, 9.17) is 0 Å². The van der Waals surface area contributed by atoms with E-state index in [0.29, 0.717) is 19.4 Å². The molecule has 2 aliphatic heterocycles. The summed E-state index contributed by atoms with van der Waals surface area (Å²) in [6, 6.07) is 5.45. The van der Waals surface area contributed by atoms with Crippen LogP contribution in [-0.4, -0.2) is 49.7 Å². The quantitative estimate of drug-likeness (QED) is 0.643. The second kappa shape index (κ2) is 9.61. The van der Waals surface area contributed by atoms with Crippen LogP contribution in [0.25, 0.3) is 0 Å². The van der Waals surface area contributed by atoms with Crippen molar-refractivity contribution >= 4 is 27.5 Å². The van der Waals surface area contributed by atoms with E-state index < -0.39 is 10.0 Å². The molecule has 2 aliphatic carbocycles. The molecule has 186 valence electrons. The SMILES string of the molecule is C[C@H]1Cc2cc(S(=O)(=O)N3CCC[C@H](C(=O)NC4CCCCCC4)C3)ccc2N1C(=O)C1CC1. The van der Waals surface area contributed by atoms with E-state index in [9.17, 15) is 18.0 Å². The number of carbonyl (C=O) groups is 2. The molecule has 2 saturated carbocycles. The Hall–Kier alpha value is -1.93. The molecule has 4 aliphatic rings. The van der Waals surface area contributed by atoms with Crippen LogP contribution in [0.15, 0.2) is 23.1 Å². The summed E-state index contributed by atoms with van der Waals surface area (Å²) in [5, 5.41) is 3.21. The first-order valence-electron chi connectivity index (χ1n) is 13.1. The predicted octanol–water partition coefficient (Wildman–Crippen LogP) is 3.61. The number of rotatable bonds is 5. The summed E-state index contributed by atoms with van der Waals surface area (Å²) < 4.78 is 28.5. The van der Waals surface area contributed by atoms with Crippen LogP contribution >= 0.6 is 0 Å². The number of fused-ring (bicyclic) bond motifs is 1. The van der Waals surface area contributed by atoms with E-state index in [-0.39, 0.29) is 47.2 Å². The van der Waals surface area contributed by atoms with Gasteiger partial charge in [0.15, 0.2) is 0 Å². The number of piperidine rings is 1. The van der Waals surface area contributed by atoms with E-state index in [1.54, 1.807) is 18.2 Å². The number of anilines is 1. The minimum Gasteiger partial charge on any atom is -0.353 e. The van der Waals surface area contributed by atoms with Gasteiger partial charge >= 0.3 is 0 Å². The van der Waals surface area contributed by atoms with Gasteiger partial charge in [-0.15, -0.1) is 0 Å². The monoisotopic (exact) mass is 487 g/mol. The predicted molar refractivity (Wildman–Crippen MR) is 131 cm³/mol. The Kier molecular flexibility index (Phi) is 6.73. The first-order chi connectivity index (χ1) is 16.3. The molecular weight excluding hydrogens is 450 g/mol. The summed E-state index contributed by atoms with van der Waals surface area (Å²) in [4.78, 5) is 27.8. The average molecular weight is 488 g/mol. The highest BCUT2D eigenvalue weighted by atomic mass is 32.2. The molecule has 0 spiro atoms. The van der Waals surface area contributed by atoms with Crippen molar-refractivity contribution in [1.82, 2.24) is 9.62 Å². The average Bonchev–Trinajstić information content (AvgIpc) is 3.65. The molecule has 2 heterocycles. The van der Waals surface area contributed by atoms with Crippen LogP contribution in [0, 0.1) is 11.8 Å². The van der Waals surface area contributed by atoms with E-state index in [0.717, 1.165) is 56.2 Å². The summed E-state index contributed by atoms with van der Waals surface area (Å²) in [6.45, 7) is 2.70. The topological polar surface area (TPSA) is 86.8 Å². The molecule has 2 atom stereocenters. The van der Waals surface area contributed by atoms with Gasteiger partial charge in [-0.1, -0.05) is 25.7 Å². The van der Waals surface area contributed by atoms with Crippen LogP contribution in [0.1, 0.15) is 76.7 Å². The lowest BCUT2D eigenvalue weighted by Crippen LogP contribution is -2.47. The van der Waals surface area contributed by atoms with Gasteiger partial charge in [0.05, 0.1) is 10.8 Å². The van der Waals surface area contributed by atoms with Crippen LogP contribution in [0.4, 0.5) is 5.69 Å². The van der Waals surface area contributed by atoms with Crippen molar-refractivity contribution in [3.05, 3.63) is 23.8 Å². The van der Waals surface area contributed by atoms with Gasteiger partial charge in [0.2, 0.25) is 21.8 Å². The maximum Gasteiger partial charge on any atom is 0.243 e. The maximum absolute atomic E-state index is 13.5. The first-order valence-corrected chi connectivity index (χ1v) is 14.5. The number of amides is 2. The van der Waals surface area contributed by atoms with Crippen LogP contribution in [0.5, 0.6) is 0 Å². The number of hydrogen-bond donors (Lipinski definition) is 1. The van der Waals surface area contributed by atoms with Gasteiger partial charge in [0.1, 0.15) is 0 Å². The summed E-state index contributed by atoms with van der Waals surface area (Å²) >= 11 is 0. The summed E-state index contributed by atoms with van der Waals surface area (Å²) in [7, 11) is -3.70. The zero-order valence-corrected chi connectivity index (χ0v) is 21.0. The molecule has 1 aromatic rings. The van der Waals surface area contributed by atoms with E-state index in [1.807, 2.05) is 11.8 Å². The third-order valence-corrected chi connectivity index (χ3v) is 9.89. The fourth-order valence-electron chi connectivity index (χ4n) is 5.90. The van der Waals surface area contributed by atoms with Gasteiger partial charge in [-0.2, -0.15) is 4.31 Å². The lowest BCUT2D eigenvalue weighted by atomic mass is 9.97. The molecule has 0 aromatic heterocycles. The molecule has 1 aromatic carbocycles. The molecule has 2 amide bonds. The second-order valence-corrected chi connectivity index (χ2v) is 12.7. The van der Waals surface area contributed by atoms with Crippen LogP contribution < -0.4 is 10.2 Å². The highest BCUT2D eigenvalue weighted by Crippen LogP contribution is 2.40. The van der Waals surface area contributed by atoms with Crippen LogP contribution in [0.2, 0.25) is 0 Å². The number of nitrogens with one attached hydrogen (secondary N) is 1. The van der Waals surface area contributed by atoms with Gasteiger partial charge < -0.3 is 10.2 Å². The van der Waals surface area contributed by atoms with Crippen molar-refractivity contribution in [1.29, 1.82) is 0 Å². The summed E-state index contributed by atoms with van der Waals surface area (Å²) in [5.41, 5.74) is 1.77. The minimum absolute atomic E-state index is 0.00353. The number of nitrogens with zero attached hydrogens (tertiary/aromatic N) is 2. The van der Waals surface area contributed by atoms with Gasteiger partial charge in [-0.25, -0.2) is 8.42 Å². The third kappa shape index (κ3) is 4.76. The Morgan fingerprint density at radius 3 is 2.38 bits per heavy atom. The van der Waals surface area contributed by atoms with Crippen molar-refractivity contribution in [3.63, 3.8) is 0 Å². The molecule has 0 unspecified atom stereocenters. The molecule has 0 radical (unpaired) electrons. The van der Waals surface area contributed by atoms with Crippen molar-refractivity contribution < 1.29 is 18.0 Å². The Morgan fingerprint density at radius 2 is 1.68 bits per heavy atom. The summed E-state index contributed by atoms with van der Waals surface area (Å²) in [5.74, 6) is 0.00308. The van der Waals surface area contributed by atoms with Crippen molar-refractivity contribution in [2.24, 2.45) is 11.8 Å². The number of hydrogen-bond acceptors (Lipinski definition) is 4. The van der Waals surface area contributed by atoms with Gasteiger partial charge in [-0.05, 0) is 75.6 Å². The fraction of sp³-hybridized carbons (Fsp3) is 0.692. The third-order valence-electron chi connectivity index (χ3n) is 8.02. The Morgan fingerprint density at radius 1 is 0.941 bits per heavy atom. The van der Waals surface area contributed by atoms with E-state index in [1.165, 1.54) is 17.1 Å². The zero-order chi connectivity index (χ0) is 23.9. The number of benzene rings is 1. The van der Waals surface area contributed by atoms with E-state index >= 15 is 0 Å². The smallest absolute Gasteiger partial charge is 0.243 e. The molecule has 5 rings (SSSR count). The van der Waals surface area contributed by atoms with Gasteiger partial charge in [-0.3, -0.25) is 9.59 Å². The van der Waals surface area contributed by atoms with Crippen LogP contribution in [0.3, 0.4) is 0 Å². The molecule has 0 bridgehead atoms. The highest BCUT2D eigenvalue weighted by Gasteiger charge is 2.40. The second-order valence-electron chi connectivity index (χ2n) is 10.7. The Bertz CT molecular complexity index is 1040. The fourth-order valence-corrected chi connectivity index (χ4v) is 7.47. The highest BCUT2D eigenvalue weighted by molar-refractivity contribution is 7.89. The molecule has 1 saturated heterocycles. The Labute approximate surface area is 203 Å². The van der Waals surface area contributed by atoms with Crippen LogP contribution in [-0.2, 0) is 26.0 Å². The normalized spacial score (nSPS) is 26.7. The molecule has 7 nitrogen and oxygen atoms in total. The van der Waals surface area contributed by atoms with Gasteiger partial charge in [0, 0.05) is 36.8 Å². The Balaban J connectivity index is 1.28. The number of carbonyl (C=O) groups excluding carboxylic acids is 2. The van der Waals surface area contributed by atoms with Crippen molar-refractivity contribution in [2.45, 2.75) is 94.5 Å². The first kappa shape index (κ1) is 23.8. The molecular formula is C26H37N3O4S. The molecule has 34 heavy (non-hydrogen) atoms. The minimum atomic E-state index is -3.70. The summed E-state index contributed by atoms with van der Waals surface area (Å²) in [6.07, 6.45) is 10.8.